The van der Waals surface area contributed by atoms with Gasteiger partial charge in [-0.05, 0) is 44.8 Å². The smallest absolute Gasteiger partial charge is 0.000703 e. The highest BCUT2D eigenvalue weighted by Crippen LogP contribution is 2.14. The lowest BCUT2D eigenvalue weighted by Gasteiger charge is -2.30. The van der Waals surface area contributed by atoms with Gasteiger partial charge in [0.2, 0.25) is 0 Å². The second-order valence-corrected chi connectivity index (χ2v) is 3.69. The Morgan fingerprint density at radius 3 is 3.00 bits per heavy atom. The fraction of sp³-hybridized carbons (Fsp3) is 1.00. The molecule has 1 aliphatic heterocycles. The van der Waals surface area contributed by atoms with Gasteiger partial charge in [0.25, 0.3) is 0 Å². The van der Waals surface area contributed by atoms with E-state index in [0.29, 0.717) is 0 Å². The molecule has 1 aliphatic rings. The number of piperidine rings is 1. The van der Waals surface area contributed by atoms with Crippen LogP contribution in [0.1, 0.15) is 26.2 Å². The Morgan fingerprint density at radius 1 is 1.55 bits per heavy atom. The van der Waals surface area contributed by atoms with Crippen LogP contribution in [0.3, 0.4) is 0 Å². The Morgan fingerprint density at radius 2 is 2.36 bits per heavy atom. The fourth-order valence-electron chi connectivity index (χ4n) is 1.80. The molecule has 0 unspecified atom stereocenters. The van der Waals surface area contributed by atoms with Crippen molar-refractivity contribution in [3.63, 3.8) is 0 Å². The predicted octanol–water partition coefficient (Wildman–Crippen LogP) is 1.07. The summed E-state index contributed by atoms with van der Waals surface area (Å²) >= 11 is 0. The van der Waals surface area contributed by atoms with Gasteiger partial charge in [0.15, 0.2) is 0 Å². The summed E-state index contributed by atoms with van der Waals surface area (Å²) in [5.74, 6) is 0.904. The molecule has 1 atom stereocenters. The highest BCUT2D eigenvalue weighted by atomic mass is 15.1. The van der Waals surface area contributed by atoms with Crippen molar-refractivity contribution in [1.82, 2.24) is 4.90 Å². The number of rotatable bonds is 3. The van der Waals surface area contributed by atoms with E-state index in [-0.39, 0.29) is 0 Å². The summed E-state index contributed by atoms with van der Waals surface area (Å²) in [6.45, 7) is 6.98. The number of nitrogens with zero attached hydrogens (tertiary/aromatic N) is 1. The van der Waals surface area contributed by atoms with Crippen molar-refractivity contribution >= 4 is 0 Å². The molecule has 2 nitrogen and oxygen atoms in total. The third-order valence-corrected chi connectivity index (χ3v) is 2.42. The van der Waals surface area contributed by atoms with E-state index in [1.165, 1.54) is 32.5 Å². The van der Waals surface area contributed by atoms with Crippen molar-refractivity contribution in [2.24, 2.45) is 11.7 Å². The van der Waals surface area contributed by atoms with E-state index in [1.54, 1.807) is 0 Å². The molecular formula is C9H20N2. The summed E-state index contributed by atoms with van der Waals surface area (Å²) in [6, 6.07) is 0. The largest absolute Gasteiger partial charge is 0.330 e. The summed E-state index contributed by atoms with van der Waals surface area (Å²) in [5.41, 5.74) is 5.45. The zero-order valence-corrected chi connectivity index (χ0v) is 7.55. The van der Waals surface area contributed by atoms with Gasteiger partial charge in [0, 0.05) is 6.54 Å². The Labute approximate surface area is 69.8 Å². The molecule has 1 saturated heterocycles. The van der Waals surface area contributed by atoms with E-state index >= 15 is 0 Å². The van der Waals surface area contributed by atoms with Crippen molar-refractivity contribution in [1.29, 1.82) is 0 Å². The first-order valence-electron chi connectivity index (χ1n) is 4.75. The minimum absolute atomic E-state index is 0.838. The van der Waals surface area contributed by atoms with Crippen LogP contribution in [0.5, 0.6) is 0 Å². The maximum atomic E-state index is 5.45. The van der Waals surface area contributed by atoms with Crippen LogP contribution in [0.25, 0.3) is 0 Å². The molecule has 2 N–H and O–H groups in total. The summed E-state index contributed by atoms with van der Waals surface area (Å²) in [5, 5.41) is 0. The average molecular weight is 156 g/mol. The van der Waals surface area contributed by atoms with Crippen LogP contribution in [0.4, 0.5) is 0 Å². The van der Waals surface area contributed by atoms with Crippen LogP contribution in [0.15, 0.2) is 0 Å². The molecule has 0 aromatic rings. The predicted molar refractivity (Wildman–Crippen MR) is 48.5 cm³/mol. The van der Waals surface area contributed by atoms with Crippen LogP contribution in [-0.4, -0.2) is 31.1 Å². The van der Waals surface area contributed by atoms with Crippen molar-refractivity contribution < 1.29 is 0 Å². The monoisotopic (exact) mass is 156 g/mol. The molecule has 0 aromatic heterocycles. The summed E-state index contributed by atoms with van der Waals surface area (Å²) in [7, 11) is 0. The van der Waals surface area contributed by atoms with Gasteiger partial charge in [-0.3, -0.25) is 0 Å². The zero-order chi connectivity index (χ0) is 8.10. The molecule has 2 heteroatoms. The molecule has 1 fully saturated rings. The Hall–Kier alpha value is -0.0800. The normalized spacial score (nSPS) is 27.3. The van der Waals surface area contributed by atoms with Crippen LogP contribution < -0.4 is 5.73 Å². The van der Waals surface area contributed by atoms with Crippen LogP contribution in [-0.2, 0) is 0 Å². The lowest BCUT2D eigenvalue weighted by Crippen LogP contribution is -2.35. The maximum Gasteiger partial charge on any atom is 0.000703 e. The molecule has 0 saturated carbocycles. The first-order chi connectivity index (χ1) is 5.33. The SMILES string of the molecule is C[C@@H]1CCCN(CCCN)C1. The first-order valence-corrected chi connectivity index (χ1v) is 4.75. The molecule has 1 heterocycles. The van der Waals surface area contributed by atoms with Crippen molar-refractivity contribution in [3.05, 3.63) is 0 Å². The third kappa shape index (κ3) is 3.21. The second-order valence-electron chi connectivity index (χ2n) is 3.69. The molecule has 11 heavy (non-hydrogen) atoms. The van der Waals surface area contributed by atoms with Gasteiger partial charge in [-0.2, -0.15) is 0 Å². The lowest BCUT2D eigenvalue weighted by molar-refractivity contribution is 0.183. The van der Waals surface area contributed by atoms with Gasteiger partial charge >= 0.3 is 0 Å². The Balaban J connectivity index is 2.12. The van der Waals surface area contributed by atoms with E-state index in [1.807, 2.05) is 0 Å². The minimum Gasteiger partial charge on any atom is -0.330 e. The van der Waals surface area contributed by atoms with Crippen molar-refractivity contribution in [2.45, 2.75) is 26.2 Å². The van der Waals surface area contributed by atoms with Gasteiger partial charge < -0.3 is 10.6 Å². The van der Waals surface area contributed by atoms with Crippen LogP contribution in [0.2, 0.25) is 0 Å². The molecule has 1 rings (SSSR count). The van der Waals surface area contributed by atoms with Gasteiger partial charge in [-0.15, -0.1) is 0 Å². The van der Waals surface area contributed by atoms with Gasteiger partial charge in [0.05, 0.1) is 0 Å². The number of hydrogen-bond acceptors (Lipinski definition) is 2. The van der Waals surface area contributed by atoms with Gasteiger partial charge in [-0.1, -0.05) is 6.92 Å². The van der Waals surface area contributed by atoms with Gasteiger partial charge in [-0.25, -0.2) is 0 Å². The minimum atomic E-state index is 0.838. The number of hydrogen-bond donors (Lipinski definition) is 1. The Bertz CT molecular complexity index is 104. The molecular weight excluding hydrogens is 136 g/mol. The van der Waals surface area contributed by atoms with Crippen LogP contribution in [0, 0.1) is 5.92 Å². The molecule has 66 valence electrons. The van der Waals surface area contributed by atoms with E-state index in [2.05, 4.69) is 11.8 Å². The zero-order valence-electron chi connectivity index (χ0n) is 7.55. The fourth-order valence-corrected chi connectivity index (χ4v) is 1.80. The standard InChI is InChI=1S/C9H20N2/c1-9-4-2-6-11(8-9)7-3-5-10/h9H,2-8,10H2,1H3/t9-/m1/s1. The number of likely N-dealkylation sites (tertiary alicyclic amines) is 1. The molecule has 0 radical (unpaired) electrons. The van der Waals surface area contributed by atoms with Gasteiger partial charge in [0.1, 0.15) is 0 Å². The van der Waals surface area contributed by atoms with Crippen molar-refractivity contribution in [2.75, 3.05) is 26.2 Å². The third-order valence-electron chi connectivity index (χ3n) is 2.42. The first kappa shape index (κ1) is 9.01. The molecule has 0 bridgehead atoms. The highest BCUT2D eigenvalue weighted by Gasteiger charge is 2.14. The van der Waals surface area contributed by atoms with E-state index in [4.69, 9.17) is 5.73 Å². The molecule has 0 amide bonds. The van der Waals surface area contributed by atoms with Crippen LogP contribution >= 0.6 is 0 Å². The van der Waals surface area contributed by atoms with E-state index < -0.39 is 0 Å². The van der Waals surface area contributed by atoms with Crippen molar-refractivity contribution in [3.8, 4) is 0 Å². The maximum absolute atomic E-state index is 5.45. The topological polar surface area (TPSA) is 29.3 Å². The Kier molecular flexibility index (Phi) is 3.87. The second kappa shape index (κ2) is 4.73. The highest BCUT2D eigenvalue weighted by molar-refractivity contribution is 4.69. The summed E-state index contributed by atoms with van der Waals surface area (Å²) in [4.78, 5) is 2.54. The molecule has 0 spiro atoms. The van der Waals surface area contributed by atoms with E-state index in [9.17, 15) is 0 Å². The molecule has 0 aliphatic carbocycles. The quantitative estimate of drug-likeness (QED) is 0.662. The van der Waals surface area contributed by atoms with E-state index in [0.717, 1.165) is 18.9 Å². The average Bonchev–Trinajstić information content (AvgIpc) is 2.01. The summed E-state index contributed by atoms with van der Waals surface area (Å²) < 4.78 is 0. The lowest BCUT2D eigenvalue weighted by atomic mass is 10.0. The molecule has 0 aromatic carbocycles. The number of nitrogens with two attached hydrogens (primary N) is 1. The summed E-state index contributed by atoms with van der Waals surface area (Å²) in [6.07, 6.45) is 3.96.